The SMILES string of the molecule is Cc1cccc(C)c1N1CCSC1=NC(=O)N=CC(F)c1ccc(-c2ncn(-c3ccc(OC(F)(F)F)cc3)n2)cc1. The lowest BCUT2D eigenvalue weighted by atomic mass is 10.1. The van der Waals surface area contributed by atoms with Crippen LogP contribution in [0.15, 0.2) is 83.0 Å². The minimum atomic E-state index is -4.78. The molecule has 1 aliphatic heterocycles. The highest BCUT2D eigenvalue weighted by molar-refractivity contribution is 8.14. The molecule has 0 radical (unpaired) electrons. The summed E-state index contributed by atoms with van der Waals surface area (Å²) in [7, 11) is 0. The maximum Gasteiger partial charge on any atom is 0.573 e. The predicted molar refractivity (Wildman–Crippen MR) is 154 cm³/mol. The molecule has 2 amide bonds. The molecule has 0 N–H and O–H groups in total. The number of alkyl halides is 4. The Morgan fingerprint density at radius 1 is 1.05 bits per heavy atom. The number of amidine groups is 1. The van der Waals surface area contributed by atoms with Gasteiger partial charge in [0.1, 0.15) is 12.1 Å². The molecule has 0 bridgehead atoms. The van der Waals surface area contributed by atoms with Crippen molar-refractivity contribution in [2.45, 2.75) is 26.4 Å². The lowest BCUT2D eigenvalue weighted by Crippen LogP contribution is -2.26. The Bertz CT molecular complexity index is 1620. The van der Waals surface area contributed by atoms with Crippen LogP contribution < -0.4 is 9.64 Å². The number of aliphatic imine (C=N–C) groups is 2. The molecule has 2 heterocycles. The fourth-order valence-electron chi connectivity index (χ4n) is 4.40. The second-order valence-corrected chi connectivity index (χ2v) is 10.3. The van der Waals surface area contributed by atoms with Gasteiger partial charge in [-0.15, -0.1) is 18.3 Å². The summed E-state index contributed by atoms with van der Waals surface area (Å²) in [5.74, 6) is 0.755. The van der Waals surface area contributed by atoms with Crippen molar-refractivity contribution < 1.29 is 27.1 Å². The molecule has 0 saturated carbocycles. The number of halogens is 4. The minimum absolute atomic E-state index is 0.273. The molecule has 5 rings (SSSR count). The van der Waals surface area contributed by atoms with Gasteiger partial charge in [0.25, 0.3) is 0 Å². The molecule has 1 unspecified atom stereocenters. The minimum Gasteiger partial charge on any atom is -0.406 e. The highest BCUT2D eigenvalue weighted by atomic mass is 32.2. The number of aryl methyl sites for hydroxylation is 2. The number of benzene rings is 3. The van der Waals surface area contributed by atoms with Crippen LogP contribution in [0.3, 0.4) is 0 Å². The number of carbonyl (C=O) groups is 1. The molecular weight excluding hydrogens is 572 g/mol. The first-order valence-corrected chi connectivity index (χ1v) is 13.7. The first-order valence-electron chi connectivity index (χ1n) is 12.7. The van der Waals surface area contributed by atoms with Crippen molar-refractivity contribution in [2.75, 3.05) is 17.2 Å². The maximum atomic E-state index is 14.9. The summed E-state index contributed by atoms with van der Waals surface area (Å²) in [6.07, 6.45) is -4.09. The van der Waals surface area contributed by atoms with Gasteiger partial charge in [-0.05, 0) is 54.8 Å². The van der Waals surface area contributed by atoms with E-state index in [1.54, 1.807) is 12.1 Å². The van der Waals surface area contributed by atoms with E-state index in [9.17, 15) is 22.4 Å². The molecule has 0 aliphatic carbocycles. The van der Waals surface area contributed by atoms with E-state index < -0.39 is 18.6 Å². The van der Waals surface area contributed by atoms with Crippen LogP contribution in [0.1, 0.15) is 22.9 Å². The van der Waals surface area contributed by atoms with E-state index in [-0.39, 0.29) is 11.3 Å². The number of carbonyl (C=O) groups excluding carboxylic acids is 1. The Morgan fingerprint density at radius 2 is 1.74 bits per heavy atom. The van der Waals surface area contributed by atoms with Gasteiger partial charge >= 0.3 is 12.4 Å². The summed E-state index contributed by atoms with van der Waals surface area (Å²) in [6.45, 7) is 4.71. The molecule has 1 aromatic heterocycles. The van der Waals surface area contributed by atoms with Gasteiger partial charge in [0.15, 0.2) is 17.2 Å². The number of hydrogen-bond donors (Lipinski definition) is 0. The van der Waals surface area contributed by atoms with Gasteiger partial charge < -0.3 is 9.64 Å². The fraction of sp³-hybridized carbons (Fsp3) is 0.207. The van der Waals surface area contributed by atoms with Crippen LogP contribution in [0.4, 0.5) is 28.0 Å². The number of hydrogen-bond acceptors (Lipinski definition) is 5. The van der Waals surface area contributed by atoms with E-state index in [1.165, 1.54) is 59.2 Å². The van der Waals surface area contributed by atoms with E-state index in [0.29, 0.717) is 28.8 Å². The quantitative estimate of drug-likeness (QED) is 0.172. The van der Waals surface area contributed by atoms with Crippen LogP contribution in [0.2, 0.25) is 0 Å². The number of nitrogens with zero attached hydrogens (tertiary/aromatic N) is 6. The molecular formula is C29H24F4N6O2S. The molecule has 8 nitrogen and oxygen atoms in total. The van der Waals surface area contributed by atoms with Gasteiger partial charge in [-0.2, -0.15) is 4.99 Å². The van der Waals surface area contributed by atoms with Crippen LogP contribution in [0.5, 0.6) is 5.75 Å². The third kappa shape index (κ3) is 6.85. The topological polar surface area (TPSA) is 85.0 Å². The van der Waals surface area contributed by atoms with Crippen molar-refractivity contribution in [1.29, 1.82) is 0 Å². The summed E-state index contributed by atoms with van der Waals surface area (Å²) in [5.41, 5.74) is 4.49. The van der Waals surface area contributed by atoms with Gasteiger partial charge in [0.05, 0.1) is 5.69 Å². The van der Waals surface area contributed by atoms with Crippen LogP contribution in [-0.2, 0) is 0 Å². The Hall–Kier alpha value is -4.52. The Morgan fingerprint density at radius 3 is 2.40 bits per heavy atom. The van der Waals surface area contributed by atoms with E-state index in [4.69, 9.17) is 0 Å². The van der Waals surface area contributed by atoms with Crippen molar-refractivity contribution in [3.63, 3.8) is 0 Å². The first kappa shape index (κ1) is 29.0. The lowest BCUT2D eigenvalue weighted by Gasteiger charge is -2.22. The van der Waals surface area contributed by atoms with Gasteiger partial charge in [0, 0.05) is 29.8 Å². The monoisotopic (exact) mass is 596 g/mol. The molecule has 1 saturated heterocycles. The van der Waals surface area contributed by atoms with Crippen molar-refractivity contribution in [2.24, 2.45) is 9.98 Å². The lowest BCUT2D eigenvalue weighted by molar-refractivity contribution is -0.274. The molecule has 216 valence electrons. The Kier molecular flexibility index (Phi) is 8.39. The van der Waals surface area contributed by atoms with Gasteiger partial charge in [-0.1, -0.05) is 54.2 Å². The number of ether oxygens (including phenoxy) is 1. The summed E-state index contributed by atoms with van der Waals surface area (Å²) >= 11 is 1.45. The number of urea groups is 1. The average Bonchev–Trinajstić information content (AvgIpc) is 3.62. The molecule has 1 atom stereocenters. The van der Waals surface area contributed by atoms with Crippen molar-refractivity contribution >= 4 is 34.9 Å². The summed E-state index contributed by atoms with van der Waals surface area (Å²) < 4.78 is 57.3. The fourth-order valence-corrected chi connectivity index (χ4v) is 5.33. The van der Waals surface area contributed by atoms with Gasteiger partial charge in [0.2, 0.25) is 0 Å². The highest BCUT2D eigenvalue weighted by Crippen LogP contribution is 2.31. The van der Waals surface area contributed by atoms with Crippen LogP contribution in [0, 0.1) is 13.8 Å². The zero-order chi connectivity index (χ0) is 29.9. The number of thioether (sulfide) groups is 1. The van der Waals surface area contributed by atoms with Crippen molar-refractivity contribution in [3.8, 4) is 22.8 Å². The number of aromatic nitrogens is 3. The van der Waals surface area contributed by atoms with E-state index in [2.05, 4.69) is 24.8 Å². The predicted octanol–water partition coefficient (Wildman–Crippen LogP) is 7.26. The molecule has 1 aliphatic rings. The molecule has 1 fully saturated rings. The second-order valence-electron chi connectivity index (χ2n) is 9.27. The Labute approximate surface area is 242 Å². The molecule has 0 spiro atoms. The third-order valence-corrected chi connectivity index (χ3v) is 7.26. The Balaban J connectivity index is 1.22. The third-order valence-electron chi connectivity index (χ3n) is 6.31. The van der Waals surface area contributed by atoms with Gasteiger partial charge in [-0.3, -0.25) is 0 Å². The summed E-state index contributed by atoms with van der Waals surface area (Å²) in [4.78, 5) is 26.5. The molecule has 13 heteroatoms. The van der Waals surface area contributed by atoms with Gasteiger partial charge in [-0.25, -0.2) is 23.8 Å². The van der Waals surface area contributed by atoms with E-state index >= 15 is 0 Å². The normalized spacial score (nSPS) is 15.5. The van der Waals surface area contributed by atoms with Crippen molar-refractivity contribution in [1.82, 2.24) is 14.8 Å². The first-order chi connectivity index (χ1) is 20.1. The van der Waals surface area contributed by atoms with Crippen molar-refractivity contribution in [3.05, 3.63) is 89.7 Å². The largest absolute Gasteiger partial charge is 0.573 e. The van der Waals surface area contributed by atoms with Crippen LogP contribution in [-0.4, -0.2) is 50.8 Å². The number of amides is 2. The zero-order valence-corrected chi connectivity index (χ0v) is 23.2. The number of rotatable bonds is 6. The maximum absolute atomic E-state index is 14.9. The molecule has 42 heavy (non-hydrogen) atoms. The van der Waals surface area contributed by atoms with Crippen LogP contribution >= 0.6 is 11.8 Å². The molecule has 4 aromatic rings. The molecule has 3 aromatic carbocycles. The number of anilines is 1. The second kappa shape index (κ2) is 12.1. The number of para-hydroxylation sites is 1. The average molecular weight is 597 g/mol. The standard InChI is InChI=1S/C29H24F4N6O2S/c1-18-4-3-5-19(2)25(18)38-14-15-42-28(38)36-27(40)34-16-24(30)20-6-8-21(9-7-20)26-35-17-39(37-26)22-10-12-23(13-11-22)41-29(31,32)33/h3-13,16-17,24H,14-15H2,1-2H3. The van der Waals surface area contributed by atoms with E-state index in [0.717, 1.165) is 28.8 Å². The zero-order valence-electron chi connectivity index (χ0n) is 22.4. The van der Waals surface area contributed by atoms with E-state index in [1.807, 2.05) is 36.9 Å². The highest BCUT2D eigenvalue weighted by Gasteiger charge is 2.31. The smallest absolute Gasteiger partial charge is 0.406 e. The summed E-state index contributed by atoms with van der Waals surface area (Å²) in [5, 5.41) is 4.87. The summed E-state index contributed by atoms with van der Waals surface area (Å²) in [6, 6.07) is 16.7. The van der Waals surface area contributed by atoms with Crippen LogP contribution in [0.25, 0.3) is 17.1 Å².